The first-order chi connectivity index (χ1) is 8.20. The van der Waals surface area contributed by atoms with Crippen molar-refractivity contribution in [2.24, 2.45) is 11.7 Å². The lowest BCUT2D eigenvalue weighted by Crippen LogP contribution is -2.35. The summed E-state index contributed by atoms with van der Waals surface area (Å²) in [7, 11) is 2.16. The zero-order valence-corrected chi connectivity index (χ0v) is 10.9. The molecule has 1 heterocycles. The van der Waals surface area contributed by atoms with Crippen molar-refractivity contribution < 1.29 is 0 Å². The van der Waals surface area contributed by atoms with Crippen LogP contribution in [-0.4, -0.2) is 18.1 Å². The highest BCUT2D eigenvalue weighted by Crippen LogP contribution is 2.28. The topological polar surface area (TPSA) is 42.1 Å². The fourth-order valence-electron chi connectivity index (χ4n) is 2.56. The van der Waals surface area contributed by atoms with Gasteiger partial charge < -0.3 is 10.6 Å². The molecule has 0 atom stereocenters. The molecule has 0 radical (unpaired) electrons. The highest BCUT2D eigenvalue weighted by Gasteiger charge is 2.22. The van der Waals surface area contributed by atoms with Crippen molar-refractivity contribution in [3.63, 3.8) is 0 Å². The summed E-state index contributed by atoms with van der Waals surface area (Å²) in [6.45, 7) is 2.92. The summed E-state index contributed by atoms with van der Waals surface area (Å²) < 4.78 is 0. The first-order valence-corrected chi connectivity index (χ1v) is 6.58. The van der Waals surface area contributed by atoms with Crippen LogP contribution in [0.5, 0.6) is 0 Å². The van der Waals surface area contributed by atoms with E-state index in [-0.39, 0.29) is 0 Å². The Kier molecular flexibility index (Phi) is 4.00. The molecule has 0 amide bonds. The normalized spacial score (nSPS) is 24.6. The Hall–Kier alpha value is -1.09. The van der Waals surface area contributed by atoms with Crippen LogP contribution in [0.25, 0.3) is 0 Å². The highest BCUT2D eigenvalue weighted by molar-refractivity contribution is 5.39. The molecule has 1 aliphatic carbocycles. The average molecular weight is 233 g/mol. The molecule has 0 aliphatic heterocycles. The Balaban J connectivity index is 2.00. The van der Waals surface area contributed by atoms with Crippen molar-refractivity contribution in [1.29, 1.82) is 0 Å². The predicted octanol–water partition coefficient (Wildman–Crippen LogP) is 2.56. The molecule has 1 aromatic rings. The minimum absolute atomic E-state index is 0.567. The van der Waals surface area contributed by atoms with E-state index in [0.717, 1.165) is 17.3 Å². The average Bonchev–Trinajstić information content (AvgIpc) is 2.39. The second kappa shape index (κ2) is 5.50. The van der Waals surface area contributed by atoms with Crippen LogP contribution in [-0.2, 0) is 6.54 Å². The van der Waals surface area contributed by atoms with Crippen LogP contribution in [0, 0.1) is 5.92 Å². The fourth-order valence-corrected chi connectivity index (χ4v) is 2.56. The number of nitrogens with two attached hydrogens (primary N) is 1. The maximum absolute atomic E-state index is 5.58. The van der Waals surface area contributed by atoms with Gasteiger partial charge in [-0.15, -0.1) is 0 Å². The van der Waals surface area contributed by atoms with Gasteiger partial charge in [-0.2, -0.15) is 0 Å². The van der Waals surface area contributed by atoms with E-state index < -0.39 is 0 Å². The lowest BCUT2D eigenvalue weighted by molar-refractivity contribution is 0.340. The Morgan fingerprint density at radius 3 is 2.53 bits per heavy atom. The Morgan fingerprint density at radius 2 is 2.00 bits per heavy atom. The molecule has 2 rings (SSSR count). The number of aromatic nitrogens is 1. The molecule has 0 spiro atoms. The van der Waals surface area contributed by atoms with Gasteiger partial charge >= 0.3 is 0 Å². The summed E-state index contributed by atoms with van der Waals surface area (Å²) in [5, 5.41) is 0. The molecular weight excluding hydrogens is 210 g/mol. The maximum Gasteiger partial charge on any atom is 0.128 e. The van der Waals surface area contributed by atoms with Crippen LogP contribution in [0.1, 0.15) is 38.2 Å². The van der Waals surface area contributed by atoms with Crippen molar-refractivity contribution in [2.45, 2.75) is 45.2 Å². The number of anilines is 1. The molecule has 0 bridgehead atoms. The van der Waals surface area contributed by atoms with Gasteiger partial charge in [0.2, 0.25) is 0 Å². The molecule has 0 saturated heterocycles. The maximum atomic E-state index is 5.58. The molecule has 0 unspecified atom stereocenters. The van der Waals surface area contributed by atoms with E-state index in [1.54, 1.807) is 0 Å². The highest BCUT2D eigenvalue weighted by atomic mass is 15.2. The molecule has 1 aliphatic rings. The molecular formula is C14H23N3. The monoisotopic (exact) mass is 233 g/mol. The zero-order valence-electron chi connectivity index (χ0n) is 10.9. The van der Waals surface area contributed by atoms with Gasteiger partial charge in [-0.3, -0.25) is 0 Å². The summed E-state index contributed by atoms with van der Waals surface area (Å²) in [6.07, 6.45) is 7.15. The fraction of sp³-hybridized carbons (Fsp3) is 0.643. The van der Waals surface area contributed by atoms with Crippen molar-refractivity contribution in [3.05, 3.63) is 23.9 Å². The first-order valence-electron chi connectivity index (χ1n) is 6.58. The van der Waals surface area contributed by atoms with Crippen molar-refractivity contribution in [2.75, 3.05) is 11.9 Å². The largest absolute Gasteiger partial charge is 0.357 e. The van der Waals surface area contributed by atoms with Crippen molar-refractivity contribution >= 4 is 5.82 Å². The summed E-state index contributed by atoms with van der Waals surface area (Å²) in [5.74, 6) is 1.97. The molecule has 0 aromatic carbocycles. The van der Waals surface area contributed by atoms with Gasteiger partial charge in [0, 0.05) is 25.8 Å². The van der Waals surface area contributed by atoms with Gasteiger partial charge in [0.1, 0.15) is 5.82 Å². The third kappa shape index (κ3) is 2.97. The van der Waals surface area contributed by atoms with Crippen LogP contribution >= 0.6 is 0 Å². The minimum atomic E-state index is 0.567. The molecule has 17 heavy (non-hydrogen) atoms. The van der Waals surface area contributed by atoms with E-state index in [2.05, 4.69) is 36.0 Å². The van der Waals surface area contributed by atoms with Gasteiger partial charge in [0.25, 0.3) is 0 Å². The van der Waals surface area contributed by atoms with E-state index >= 15 is 0 Å². The van der Waals surface area contributed by atoms with E-state index in [4.69, 9.17) is 5.73 Å². The van der Waals surface area contributed by atoms with Crippen molar-refractivity contribution in [1.82, 2.24) is 4.98 Å². The molecule has 1 fully saturated rings. The van der Waals surface area contributed by atoms with E-state index in [1.807, 2.05) is 6.20 Å². The van der Waals surface area contributed by atoms with E-state index in [1.165, 1.54) is 25.7 Å². The summed E-state index contributed by atoms with van der Waals surface area (Å²) in [4.78, 5) is 6.82. The molecule has 3 nitrogen and oxygen atoms in total. The number of hydrogen-bond donors (Lipinski definition) is 1. The van der Waals surface area contributed by atoms with Gasteiger partial charge in [-0.1, -0.05) is 13.0 Å². The first kappa shape index (κ1) is 12.4. The van der Waals surface area contributed by atoms with Crippen LogP contribution in [0.2, 0.25) is 0 Å². The summed E-state index contributed by atoms with van der Waals surface area (Å²) >= 11 is 0. The van der Waals surface area contributed by atoms with Crippen LogP contribution in [0.15, 0.2) is 18.3 Å². The van der Waals surface area contributed by atoms with Crippen LogP contribution in [0.4, 0.5) is 5.82 Å². The smallest absolute Gasteiger partial charge is 0.128 e. The zero-order chi connectivity index (χ0) is 12.3. The second-order valence-electron chi connectivity index (χ2n) is 5.25. The SMILES string of the molecule is CC1CCC(N(C)c2ccc(CN)cn2)CC1. The van der Waals surface area contributed by atoms with Gasteiger partial charge in [-0.25, -0.2) is 4.98 Å². The lowest BCUT2D eigenvalue weighted by atomic mass is 9.87. The summed E-state index contributed by atoms with van der Waals surface area (Å²) in [5.41, 5.74) is 6.68. The third-order valence-corrected chi connectivity index (χ3v) is 3.94. The number of rotatable bonds is 3. The second-order valence-corrected chi connectivity index (χ2v) is 5.25. The van der Waals surface area contributed by atoms with Gasteiger partial charge in [0.05, 0.1) is 0 Å². The number of pyridine rings is 1. The van der Waals surface area contributed by atoms with E-state index in [0.29, 0.717) is 12.6 Å². The minimum Gasteiger partial charge on any atom is -0.357 e. The number of nitrogens with zero attached hydrogens (tertiary/aromatic N) is 2. The van der Waals surface area contributed by atoms with Gasteiger partial charge in [-0.05, 0) is 43.2 Å². The van der Waals surface area contributed by atoms with Crippen LogP contribution in [0.3, 0.4) is 0 Å². The lowest BCUT2D eigenvalue weighted by Gasteiger charge is -2.34. The van der Waals surface area contributed by atoms with Crippen molar-refractivity contribution in [3.8, 4) is 0 Å². The molecule has 1 aromatic heterocycles. The standard InChI is InChI=1S/C14H23N3/c1-11-3-6-13(7-4-11)17(2)14-8-5-12(9-15)10-16-14/h5,8,10-11,13H,3-4,6-7,9,15H2,1-2H3. The Bertz CT molecular complexity index is 339. The van der Waals surface area contributed by atoms with Crippen LogP contribution < -0.4 is 10.6 Å². The number of hydrogen-bond acceptors (Lipinski definition) is 3. The Morgan fingerprint density at radius 1 is 1.29 bits per heavy atom. The molecule has 2 N–H and O–H groups in total. The Labute approximate surface area is 104 Å². The third-order valence-electron chi connectivity index (χ3n) is 3.94. The van der Waals surface area contributed by atoms with Gasteiger partial charge in [0.15, 0.2) is 0 Å². The predicted molar refractivity (Wildman–Crippen MR) is 72.0 cm³/mol. The summed E-state index contributed by atoms with van der Waals surface area (Å²) in [6, 6.07) is 4.81. The van der Waals surface area contributed by atoms with E-state index in [9.17, 15) is 0 Å². The molecule has 3 heteroatoms. The molecule has 94 valence electrons. The molecule has 1 saturated carbocycles. The quantitative estimate of drug-likeness (QED) is 0.872.